The van der Waals surface area contributed by atoms with E-state index in [4.69, 9.17) is 27.9 Å². The van der Waals surface area contributed by atoms with Gasteiger partial charge in [-0.3, -0.25) is 0 Å². The third-order valence-electron chi connectivity index (χ3n) is 3.81. The predicted octanol–water partition coefficient (Wildman–Crippen LogP) is 5.93. The maximum Gasteiger partial charge on any atom is 0.212 e. The quantitative estimate of drug-likeness (QED) is 0.311. The second-order valence-electron chi connectivity index (χ2n) is 5.89. The van der Waals surface area contributed by atoms with Crippen LogP contribution in [0.1, 0.15) is 23.9 Å². The maximum atomic E-state index is 10.0. The smallest absolute Gasteiger partial charge is 0.212 e. The Kier molecular flexibility index (Phi) is 7.45. The monoisotopic (exact) mass is 514 g/mol. The van der Waals surface area contributed by atoms with Crippen LogP contribution in [0.3, 0.4) is 0 Å². The topological polar surface area (TPSA) is 72.5 Å². The van der Waals surface area contributed by atoms with Crippen molar-refractivity contribution in [3.05, 3.63) is 61.8 Å². The highest BCUT2D eigenvalue weighted by Crippen LogP contribution is 2.35. The fourth-order valence-corrected chi connectivity index (χ4v) is 4.35. The lowest BCUT2D eigenvalue weighted by Crippen LogP contribution is -1.98. The van der Waals surface area contributed by atoms with Gasteiger partial charge in [0.1, 0.15) is 0 Å². The van der Waals surface area contributed by atoms with Crippen LogP contribution < -0.4 is 4.74 Å². The van der Waals surface area contributed by atoms with Crippen LogP contribution in [0.15, 0.2) is 45.1 Å². The molecule has 2 aromatic carbocycles. The highest BCUT2D eigenvalue weighted by Gasteiger charge is 2.12. The molecule has 6 nitrogen and oxygen atoms in total. The Bertz CT molecular complexity index is 1060. The van der Waals surface area contributed by atoms with Gasteiger partial charge in [-0.1, -0.05) is 41.0 Å². The third kappa shape index (κ3) is 5.45. The number of phenols is 1. The Morgan fingerprint density at radius 3 is 2.79 bits per heavy atom. The fraction of sp³-hybridized carbons (Fsp3) is 0.211. The van der Waals surface area contributed by atoms with Crippen LogP contribution >= 0.6 is 50.9 Å². The highest BCUT2D eigenvalue weighted by atomic mass is 79.9. The van der Waals surface area contributed by atoms with Gasteiger partial charge in [-0.15, -0.1) is 10.2 Å². The number of nitrogens with zero attached hydrogens (tertiary/aromatic N) is 4. The Morgan fingerprint density at radius 1 is 1.28 bits per heavy atom. The number of halogens is 3. The number of benzene rings is 2. The number of thioether (sulfide) groups is 1. The van der Waals surface area contributed by atoms with Crippen molar-refractivity contribution in [2.24, 2.45) is 5.10 Å². The van der Waals surface area contributed by atoms with Gasteiger partial charge >= 0.3 is 0 Å². The molecule has 0 atom stereocenters. The Labute approximate surface area is 191 Å². The Balaban J connectivity index is 1.81. The first kappa shape index (κ1) is 22.0. The van der Waals surface area contributed by atoms with Gasteiger partial charge in [0.25, 0.3) is 0 Å². The van der Waals surface area contributed by atoms with E-state index >= 15 is 0 Å². The van der Waals surface area contributed by atoms with E-state index < -0.39 is 0 Å². The molecule has 0 unspecified atom stereocenters. The van der Waals surface area contributed by atoms with E-state index in [1.54, 1.807) is 35.2 Å². The Hall–Kier alpha value is -1.74. The molecule has 3 rings (SSSR count). The maximum absolute atomic E-state index is 10.0. The zero-order valence-electron chi connectivity index (χ0n) is 15.6. The third-order valence-corrected chi connectivity index (χ3v) is 5.97. The number of hydrogen-bond donors (Lipinski definition) is 1. The first-order chi connectivity index (χ1) is 13.9. The lowest BCUT2D eigenvalue weighted by Gasteiger charge is -2.08. The lowest BCUT2D eigenvalue weighted by atomic mass is 10.2. The van der Waals surface area contributed by atoms with E-state index in [2.05, 4.69) is 31.2 Å². The molecule has 0 amide bonds. The number of aryl methyl sites for hydroxylation is 1. The van der Waals surface area contributed by atoms with E-state index in [0.29, 0.717) is 43.6 Å². The number of ether oxygens (including phenoxy) is 1. The van der Waals surface area contributed by atoms with Crippen molar-refractivity contribution < 1.29 is 9.84 Å². The van der Waals surface area contributed by atoms with Crippen molar-refractivity contribution in [2.75, 3.05) is 6.61 Å². The molecule has 1 N–H and O–H groups in total. The van der Waals surface area contributed by atoms with Crippen molar-refractivity contribution in [2.45, 2.75) is 24.8 Å². The van der Waals surface area contributed by atoms with Crippen LogP contribution in [0.25, 0.3) is 0 Å². The van der Waals surface area contributed by atoms with Crippen molar-refractivity contribution in [1.29, 1.82) is 0 Å². The van der Waals surface area contributed by atoms with Crippen LogP contribution in [0.4, 0.5) is 0 Å². The first-order valence-corrected chi connectivity index (χ1v) is 11.1. The van der Waals surface area contributed by atoms with Crippen LogP contribution in [-0.2, 0) is 5.75 Å². The van der Waals surface area contributed by atoms with Crippen LogP contribution in [0.2, 0.25) is 10.0 Å². The molecule has 0 bridgehead atoms. The van der Waals surface area contributed by atoms with Gasteiger partial charge in [0.15, 0.2) is 17.3 Å². The molecule has 0 spiro atoms. The number of aromatic hydroxyl groups is 1. The molecule has 0 saturated heterocycles. The molecule has 29 heavy (non-hydrogen) atoms. The van der Waals surface area contributed by atoms with Gasteiger partial charge in [-0.2, -0.15) is 9.78 Å². The molecule has 0 aliphatic heterocycles. The minimum atomic E-state index is 0.0561. The standard InChI is InChI=1S/C19H17BrCl2N4O2S/c1-3-28-17-7-12(6-15(20)18(17)27)9-23-26-11(2)24-25-19(26)29-10-13-4-5-14(21)8-16(13)22/h4-9,27H,3,10H2,1-2H3/b23-9+. The average molecular weight is 516 g/mol. The largest absolute Gasteiger partial charge is 0.503 e. The van der Waals surface area contributed by atoms with E-state index in [1.807, 2.05) is 19.9 Å². The zero-order valence-corrected chi connectivity index (χ0v) is 19.5. The van der Waals surface area contributed by atoms with Crippen LogP contribution in [-0.4, -0.2) is 32.8 Å². The predicted molar refractivity (Wildman–Crippen MR) is 121 cm³/mol. The summed E-state index contributed by atoms with van der Waals surface area (Å²) in [6.45, 7) is 4.12. The molecule has 10 heteroatoms. The molecular weight excluding hydrogens is 499 g/mol. The summed E-state index contributed by atoms with van der Waals surface area (Å²) in [6, 6.07) is 8.87. The van der Waals surface area contributed by atoms with Gasteiger partial charge in [-0.05, 0) is 65.2 Å². The van der Waals surface area contributed by atoms with E-state index in [0.717, 1.165) is 11.1 Å². The zero-order chi connectivity index (χ0) is 21.0. The van der Waals surface area contributed by atoms with E-state index in [-0.39, 0.29) is 5.75 Å². The summed E-state index contributed by atoms with van der Waals surface area (Å²) in [4.78, 5) is 0. The van der Waals surface area contributed by atoms with Gasteiger partial charge in [0.2, 0.25) is 5.16 Å². The summed E-state index contributed by atoms with van der Waals surface area (Å²) < 4.78 is 7.62. The molecule has 0 fully saturated rings. The van der Waals surface area contributed by atoms with Crippen molar-refractivity contribution >= 4 is 57.1 Å². The van der Waals surface area contributed by atoms with Gasteiger partial charge in [0, 0.05) is 15.8 Å². The van der Waals surface area contributed by atoms with Crippen LogP contribution in [0.5, 0.6) is 11.5 Å². The van der Waals surface area contributed by atoms with Gasteiger partial charge in [-0.25, -0.2) is 0 Å². The summed E-state index contributed by atoms with van der Waals surface area (Å²) in [6.07, 6.45) is 1.66. The molecule has 152 valence electrons. The van der Waals surface area contributed by atoms with Gasteiger partial charge < -0.3 is 9.84 Å². The number of rotatable bonds is 7. The van der Waals surface area contributed by atoms with Crippen molar-refractivity contribution in [1.82, 2.24) is 14.9 Å². The molecule has 1 heterocycles. The van der Waals surface area contributed by atoms with E-state index in [9.17, 15) is 5.11 Å². The average Bonchev–Trinajstić information content (AvgIpc) is 3.03. The molecule has 0 saturated carbocycles. The molecule has 0 radical (unpaired) electrons. The molecular formula is C19H17BrCl2N4O2S. The fourth-order valence-electron chi connectivity index (χ4n) is 2.40. The summed E-state index contributed by atoms with van der Waals surface area (Å²) in [7, 11) is 0. The summed E-state index contributed by atoms with van der Waals surface area (Å²) in [5.74, 6) is 1.69. The number of aromatic nitrogens is 3. The molecule has 1 aromatic heterocycles. The molecule has 0 aliphatic rings. The minimum Gasteiger partial charge on any atom is -0.503 e. The SMILES string of the molecule is CCOc1cc(/C=N/n2c(C)nnc2SCc2ccc(Cl)cc2Cl)cc(Br)c1O. The first-order valence-electron chi connectivity index (χ1n) is 8.57. The highest BCUT2D eigenvalue weighted by molar-refractivity contribution is 9.10. The second-order valence-corrected chi connectivity index (χ2v) is 8.53. The number of hydrogen-bond acceptors (Lipinski definition) is 6. The van der Waals surface area contributed by atoms with Crippen molar-refractivity contribution in [3.63, 3.8) is 0 Å². The minimum absolute atomic E-state index is 0.0561. The summed E-state index contributed by atoms with van der Waals surface area (Å²) in [5.41, 5.74) is 1.70. The van der Waals surface area contributed by atoms with Crippen LogP contribution in [0, 0.1) is 6.92 Å². The van der Waals surface area contributed by atoms with Gasteiger partial charge in [0.05, 0.1) is 17.3 Å². The molecule has 0 aliphatic carbocycles. The normalized spacial score (nSPS) is 11.3. The summed E-state index contributed by atoms with van der Waals surface area (Å²) >= 11 is 17.0. The number of phenolic OH excluding ortho intramolecular Hbond substituents is 1. The van der Waals surface area contributed by atoms with E-state index in [1.165, 1.54) is 11.8 Å². The Morgan fingerprint density at radius 2 is 2.07 bits per heavy atom. The second kappa shape index (κ2) is 9.84. The molecule has 3 aromatic rings. The summed E-state index contributed by atoms with van der Waals surface area (Å²) in [5, 5.41) is 24.7. The van der Waals surface area contributed by atoms with Crippen molar-refractivity contribution in [3.8, 4) is 11.5 Å². The lowest BCUT2D eigenvalue weighted by molar-refractivity contribution is 0.317.